The predicted molar refractivity (Wildman–Crippen MR) is 119 cm³/mol. The van der Waals surface area contributed by atoms with Gasteiger partial charge in [-0.15, -0.1) is 0 Å². The molecule has 0 saturated carbocycles. The number of methoxy groups -OCH3 is 1. The van der Waals surface area contributed by atoms with Crippen LogP contribution in [-0.4, -0.2) is 55.6 Å². The molecule has 2 aromatic carbocycles. The van der Waals surface area contributed by atoms with Crippen molar-refractivity contribution in [2.45, 2.75) is 12.5 Å². The van der Waals surface area contributed by atoms with Crippen LogP contribution in [0.2, 0.25) is 6.04 Å². The predicted octanol–water partition coefficient (Wildman–Crippen LogP) is 3.75. The van der Waals surface area contributed by atoms with Crippen LogP contribution in [0.1, 0.15) is 27.9 Å². The molecule has 0 aliphatic rings. The Morgan fingerprint density at radius 1 is 0.839 bits per heavy atom. The molecule has 0 atom stereocenters. The summed E-state index contributed by atoms with van der Waals surface area (Å²) in [5.74, 6) is 0.158. The van der Waals surface area contributed by atoms with Crippen molar-refractivity contribution in [1.82, 2.24) is 0 Å². The number of esters is 1. The van der Waals surface area contributed by atoms with Crippen molar-refractivity contribution in [2.75, 3.05) is 35.0 Å². The second kappa shape index (κ2) is 12.2. The number of rotatable bonds is 12. The van der Waals surface area contributed by atoms with Gasteiger partial charge in [0, 0.05) is 44.6 Å². The molecule has 0 amide bonds. The zero-order valence-corrected chi connectivity index (χ0v) is 19.3. The van der Waals surface area contributed by atoms with Gasteiger partial charge in [0.05, 0.1) is 13.7 Å². The normalized spacial score (nSPS) is 11.5. The molecule has 8 heteroatoms. The van der Waals surface area contributed by atoms with E-state index < -0.39 is 14.8 Å². The van der Waals surface area contributed by atoms with Crippen LogP contribution in [0.4, 0.5) is 0 Å². The Labute approximate surface area is 183 Å². The summed E-state index contributed by atoms with van der Waals surface area (Å²) in [5.41, 5.74) is 1.92. The van der Waals surface area contributed by atoms with Gasteiger partial charge in [-0.25, -0.2) is 4.79 Å². The summed E-state index contributed by atoms with van der Waals surface area (Å²) in [5, 5.41) is 0. The van der Waals surface area contributed by atoms with Gasteiger partial charge in [0.15, 0.2) is 5.78 Å². The third-order valence-electron chi connectivity index (χ3n) is 4.73. The van der Waals surface area contributed by atoms with E-state index in [1.165, 1.54) is 13.2 Å². The maximum Gasteiger partial charge on any atom is 0.500 e. The number of carbonyl (C=O) groups excluding carboxylic acids is 2. The lowest BCUT2D eigenvalue weighted by Crippen LogP contribution is -2.42. The Bertz CT molecular complexity index is 864. The maximum atomic E-state index is 12.7. The van der Waals surface area contributed by atoms with Crippen molar-refractivity contribution in [3.05, 3.63) is 71.3 Å². The van der Waals surface area contributed by atoms with E-state index in [4.69, 9.17) is 18.0 Å². The third kappa shape index (κ3) is 7.14. The van der Waals surface area contributed by atoms with Crippen LogP contribution in [-0.2, 0) is 22.8 Å². The van der Waals surface area contributed by atoms with E-state index in [0.717, 1.165) is 12.0 Å². The number of carbonyl (C=O) groups is 2. The van der Waals surface area contributed by atoms with Crippen molar-refractivity contribution in [1.29, 1.82) is 0 Å². The minimum atomic E-state index is -2.59. The molecular formula is C23H28O7Si. The molecule has 0 radical (unpaired) electrons. The van der Waals surface area contributed by atoms with Crippen LogP contribution in [0, 0.1) is 0 Å². The zero-order valence-electron chi connectivity index (χ0n) is 18.3. The van der Waals surface area contributed by atoms with Crippen LogP contribution >= 0.6 is 0 Å². The topological polar surface area (TPSA) is 80.3 Å². The highest BCUT2D eigenvalue weighted by Gasteiger charge is 2.36. The van der Waals surface area contributed by atoms with Gasteiger partial charge in [0.25, 0.3) is 0 Å². The Kier molecular flexibility index (Phi) is 9.61. The lowest BCUT2D eigenvalue weighted by atomic mass is 10.0. The van der Waals surface area contributed by atoms with E-state index >= 15 is 0 Å². The van der Waals surface area contributed by atoms with E-state index in [9.17, 15) is 9.59 Å². The highest BCUT2D eigenvalue weighted by atomic mass is 28.4. The molecule has 0 aromatic heterocycles. The average molecular weight is 445 g/mol. The monoisotopic (exact) mass is 444 g/mol. The van der Waals surface area contributed by atoms with Crippen LogP contribution < -0.4 is 4.74 Å². The molecule has 0 unspecified atom stereocenters. The molecule has 0 saturated heterocycles. The zero-order chi connectivity index (χ0) is 22.7. The number of ketones is 1. The van der Waals surface area contributed by atoms with Crippen LogP contribution in [0.3, 0.4) is 0 Å². The quantitative estimate of drug-likeness (QED) is 0.162. The number of benzene rings is 2. The summed E-state index contributed by atoms with van der Waals surface area (Å²) in [6.07, 6.45) is 3.68. The molecule has 0 aliphatic heterocycles. The fourth-order valence-corrected chi connectivity index (χ4v) is 4.57. The Morgan fingerprint density at radius 3 is 1.90 bits per heavy atom. The molecule has 0 spiro atoms. The van der Waals surface area contributed by atoms with Gasteiger partial charge < -0.3 is 22.8 Å². The largest absolute Gasteiger partial charge is 0.500 e. The summed E-state index contributed by atoms with van der Waals surface area (Å²) in [6.45, 7) is 0.485. The van der Waals surface area contributed by atoms with Gasteiger partial charge in [0.1, 0.15) is 5.75 Å². The Morgan fingerprint density at radius 2 is 1.39 bits per heavy atom. The van der Waals surface area contributed by atoms with Crippen molar-refractivity contribution < 1.29 is 32.3 Å². The fraction of sp³-hybridized carbons (Fsp3) is 0.304. The van der Waals surface area contributed by atoms with Gasteiger partial charge in [-0.05, 0) is 42.3 Å². The highest BCUT2D eigenvalue weighted by Crippen LogP contribution is 2.19. The second-order valence-corrected chi connectivity index (χ2v) is 9.67. The van der Waals surface area contributed by atoms with Gasteiger partial charge in [-0.2, -0.15) is 0 Å². The molecule has 7 nitrogen and oxygen atoms in total. The van der Waals surface area contributed by atoms with E-state index in [0.29, 0.717) is 29.5 Å². The van der Waals surface area contributed by atoms with Crippen LogP contribution in [0.15, 0.2) is 54.6 Å². The lowest BCUT2D eigenvalue weighted by molar-refractivity contribution is -0.134. The summed E-state index contributed by atoms with van der Waals surface area (Å²) in [6, 6.07) is 14.7. The van der Waals surface area contributed by atoms with Gasteiger partial charge in [-0.1, -0.05) is 24.3 Å². The molecule has 0 fully saturated rings. The molecule has 31 heavy (non-hydrogen) atoms. The van der Waals surface area contributed by atoms with Gasteiger partial charge in [-0.3, -0.25) is 4.79 Å². The van der Waals surface area contributed by atoms with Crippen molar-refractivity contribution in [2.24, 2.45) is 0 Å². The highest BCUT2D eigenvalue weighted by molar-refractivity contribution is 6.60. The standard InChI is InChI=1S/C23H28O7Si/c1-26-22(24)15-8-18-6-9-19(10-7-18)23(25)20-11-13-21(14-12-20)30-16-5-17-31(27-2,28-3)29-4/h6-15H,5,16-17H2,1-4H3. The van der Waals surface area contributed by atoms with Gasteiger partial charge >= 0.3 is 14.8 Å². The molecule has 0 bridgehead atoms. The summed E-state index contributed by atoms with van der Waals surface area (Å²) in [4.78, 5) is 23.8. The second-order valence-electron chi connectivity index (χ2n) is 6.58. The number of hydrogen-bond acceptors (Lipinski definition) is 7. The number of ether oxygens (including phenoxy) is 2. The Hall–Kier alpha value is -2.78. The van der Waals surface area contributed by atoms with Gasteiger partial charge in [0.2, 0.25) is 0 Å². The SMILES string of the molecule is COC(=O)C=Cc1ccc(C(=O)c2ccc(OCCC[Si](OC)(OC)OC)cc2)cc1. The number of hydrogen-bond donors (Lipinski definition) is 0. The first-order valence-electron chi connectivity index (χ1n) is 9.76. The van der Waals surface area contributed by atoms with E-state index in [1.54, 1.807) is 75.9 Å². The lowest BCUT2D eigenvalue weighted by Gasteiger charge is -2.24. The average Bonchev–Trinajstić information content (AvgIpc) is 2.83. The Balaban J connectivity index is 1.90. The summed E-state index contributed by atoms with van der Waals surface area (Å²) in [7, 11) is 3.49. The van der Waals surface area contributed by atoms with Crippen molar-refractivity contribution in [3.8, 4) is 5.75 Å². The molecule has 0 heterocycles. The first-order valence-corrected chi connectivity index (χ1v) is 11.7. The molecule has 2 rings (SSSR count). The van der Waals surface area contributed by atoms with E-state index in [2.05, 4.69) is 4.74 Å². The first-order chi connectivity index (χ1) is 15.0. The molecular weight excluding hydrogens is 416 g/mol. The molecule has 2 aromatic rings. The minimum absolute atomic E-state index is 0.0916. The summed E-state index contributed by atoms with van der Waals surface area (Å²) < 4.78 is 26.5. The smallest absolute Gasteiger partial charge is 0.494 e. The summed E-state index contributed by atoms with van der Waals surface area (Å²) >= 11 is 0. The van der Waals surface area contributed by atoms with Crippen LogP contribution in [0.5, 0.6) is 5.75 Å². The minimum Gasteiger partial charge on any atom is -0.494 e. The first kappa shape index (κ1) is 24.5. The van der Waals surface area contributed by atoms with Crippen molar-refractivity contribution in [3.63, 3.8) is 0 Å². The maximum absolute atomic E-state index is 12.7. The van der Waals surface area contributed by atoms with Crippen molar-refractivity contribution >= 4 is 26.6 Å². The molecule has 166 valence electrons. The van der Waals surface area contributed by atoms with E-state index in [-0.39, 0.29) is 5.78 Å². The fourth-order valence-electron chi connectivity index (χ4n) is 2.88. The third-order valence-corrected chi connectivity index (χ3v) is 7.56. The molecule has 0 aliphatic carbocycles. The van der Waals surface area contributed by atoms with Crippen LogP contribution in [0.25, 0.3) is 6.08 Å². The van der Waals surface area contributed by atoms with E-state index in [1.807, 2.05) is 0 Å². The molecule has 0 N–H and O–H groups in total.